The molecular formula is C18H15FN2O3. The van der Waals surface area contributed by atoms with E-state index in [0.29, 0.717) is 11.1 Å². The van der Waals surface area contributed by atoms with E-state index < -0.39 is 23.7 Å². The van der Waals surface area contributed by atoms with Gasteiger partial charge in [0.05, 0.1) is 18.7 Å². The maximum Gasteiger partial charge on any atom is 0.328 e. The highest BCUT2D eigenvalue weighted by Crippen LogP contribution is 2.10. The highest BCUT2D eigenvalue weighted by atomic mass is 19.1. The van der Waals surface area contributed by atoms with E-state index in [-0.39, 0.29) is 12.0 Å². The number of hydrogen-bond donors (Lipinski definition) is 1. The minimum atomic E-state index is -0.945. The molecule has 2 aromatic rings. The van der Waals surface area contributed by atoms with Crippen LogP contribution < -0.4 is 5.32 Å². The largest absolute Gasteiger partial charge is 0.467 e. The predicted molar refractivity (Wildman–Crippen MR) is 84.5 cm³/mol. The molecule has 0 saturated heterocycles. The first-order valence-corrected chi connectivity index (χ1v) is 7.17. The Labute approximate surface area is 138 Å². The Balaban J connectivity index is 2.18. The first kappa shape index (κ1) is 17.2. The molecule has 0 heterocycles. The first-order valence-electron chi connectivity index (χ1n) is 7.17. The van der Waals surface area contributed by atoms with E-state index in [9.17, 15) is 14.0 Å². The van der Waals surface area contributed by atoms with Gasteiger partial charge in [0.2, 0.25) is 0 Å². The molecule has 0 unspecified atom stereocenters. The average Bonchev–Trinajstić information content (AvgIpc) is 2.60. The van der Waals surface area contributed by atoms with Crippen LogP contribution in [0.4, 0.5) is 4.39 Å². The number of ether oxygens (including phenoxy) is 1. The van der Waals surface area contributed by atoms with Crippen molar-refractivity contribution in [1.82, 2.24) is 5.32 Å². The molecule has 0 fully saturated rings. The summed E-state index contributed by atoms with van der Waals surface area (Å²) in [7, 11) is 1.22. The third-order valence-electron chi connectivity index (χ3n) is 3.37. The molecule has 0 aliphatic carbocycles. The lowest BCUT2D eigenvalue weighted by Crippen LogP contribution is -2.43. The van der Waals surface area contributed by atoms with Crippen LogP contribution in [0, 0.1) is 17.1 Å². The Morgan fingerprint density at radius 2 is 2.00 bits per heavy atom. The molecule has 0 saturated carbocycles. The lowest BCUT2D eigenvalue weighted by Gasteiger charge is -2.17. The monoisotopic (exact) mass is 326 g/mol. The molecule has 2 rings (SSSR count). The zero-order chi connectivity index (χ0) is 17.5. The Morgan fingerprint density at radius 1 is 1.25 bits per heavy atom. The van der Waals surface area contributed by atoms with Crippen molar-refractivity contribution in [2.45, 2.75) is 12.5 Å². The van der Waals surface area contributed by atoms with Crippen molar-refractivity contribution in [2.24, 2.45) is 0 Å². The number of benzene rings is 2. The number of nitrogens with zero attached hydrogens (tertiary/aromatic N) is 1. The van der Waals surface area contributed by atoms with Crippen LogP contribution in [0.2, 0.25) is 0 Å². The van der Waals surface area contributed by atoms with Gasteiger partial charge in [-0.2, -0.15) is 5.26 Å². The number of halogens is 1. The van der Waals surface area contributed by atoms with Crippen molar-refractivity contribution < 1.29 is 18.7 Å². The van der Waals surface area contributed by atoms with Crippen LogP contribution in [0.15, 0.2) is 48.5 Å². The van der Waals surface area contributed by atoms with E-state index in [1.807, 2.05) is 6.07 Å². The highest BCUT2D eigenvalue weighted by molar-refractivity contribution is 5.96. The fraction of sp³-hybridized carbons (Fsp3) is 0.167. The van der Waals surface area contributed by atoms with Gasteiger partial charge in [-0.25, -0.2) is 9.18 Å². The standard InChI is InChI=1S/C18H15FN2O3/c1-24-18(23)16(9-12-4-2-5-13(8-12)11-20)21-17(22)14-6-3-7-15(19)10-14/h2-8,10,16H,9H2,1H3,(H,21,22)/t16-/m1/s1. The molecule has 0 radical (unpaired) electrons. The van der Waals surface area contributed by atoms with Gasteiger partial charge in [-0.1, -0.05) is 18.2 Å². The molecule has 0 spiro atoms. The molecule has 24 heavy (non-hydrogen) atoms. The molecule has 0 bridgehead atoms. The Hall–Kier alpha value is -3.20. The second-order valence-electron chi connectivity index (χ2n) is 5.08. The second-order valence-corrected chi connectivity index (χ2v) is 5.08. The Kier molecular flexibility index (Phi) is 5.63. The zero-order valence-electron chi connectivity index (χ0n) is 13.0. The number of carbonyl (C=O) groups excluding carboxylic acids is 2. The number of nitriles is 1. The van der Waals surface area contributed by atoms with Crippen LogP contribution in [0.3, 0.4) is 0 Å². The maximum atomic E-state index is 13.2. The highest BCUT2D eigenvalue weighted by Gasteiger charge is 2.23. The summed E-state index contributed by atoms with van der Waals surface area (Å²) in [6.07, 6.45) is 0.156. The third-order valence-corrected chi connectivity index (χ3v) is 3.37. The number of hydrogen-bond acceptors (Lipinski definition) is 4. The molecule has 1 N–H and O–H groups in total. The Bertz CT molecular complexity index is 799. The van der Waals surface area contributed by atoms with Gasteiger partial charge in [0, 0.05) is 12.0 Å². The molecule has 1 atom stereocenters. The quantitative estimate of drug-likeness (QED) is 0.855. The topological polar surface area (TPSA) is 79.2 Å². The summed E-state index contributed by atoms with van der Waals surface area (Å²) < 4.78 is 17.9. The zero-order valence-corrected chi connectivity index (χ0v) is 13.0. The molecule has 0 aliphatic rings. The first-order chi connectivity index (χ1) is 11.5. The number of rotatable bonds is 5. The SMILES string of the molecule is COC(=O)[C@@H](Cc1cccc(C#N)c1)NC(=O)c1cccc(F)c1. The summed E-state index contributed by atoms with van der Waals surface area (Å²) >= 11 is 0. The second kappa shape index (κ2) is 7.88. The molecule has 6 heteroatoms. The van der Waals surface area contributed by atoms with Gasteiger partial charge in [0.25, 0.3) is 5.91 Å². The van der Waals surface area contributed by atoms with E-state index in [1.165, 1.54) is 25.3 Å². The lowest BCUT2D eigenvalue weighted by molar-refractivity contribution is -0.142. The Morgan fingerprint density at radius 3 is 2.67 bits per heavy atom. The summed E-state index contributed by atoms with van der Waals surface area (Å²) in [6.45, 7) is 0. The molecular weight excluding hydrogens is 311 g/mol. The molecule has 0 aromatic heterocycles. The van der Waals surface area contributed by atoms with Gasteiger partial charge in [0.15, 0.2) is 0 Å². The van der Waals surface area contributed by atoms with Crippen LogP contribution in [0.5, 0.6) is 0 Å². The summed E-state index contributed by atoms with van der Waals surface area (Å²) in [6, 6.07) is 12.9. The number of esters is 1. The minimum Gasteiger partial charge on any atom is -0.467 e. The number of carbonyl (C=O) groups is 2. The normalized spacial score (nSPS) is 11.2. The van der Waals surface area contributed by atoms with E-state index in [2.05, 4.69) is 5.32 Å². The average molecular weight is 326 g/mol. The van der Waals surface area contributed by atoms with Crippen molar-refractivity contribution in [2.75, 3.05) is 7.11 Å². The molecule has 0 aliphatic heterocycles. The van der Waals surface area contributed by atoms with Gasteiger partial charge in [-0.3, -0.25) is 4.79 Å². The minimum absolute atomic E-state index is 0.106. The van der Waals surface area contributed by atoms with Gasteiger partial charge in [-0.05, 0) is 35.9 Å². The lowest BCUT2D eigenvalue weighted by atomic mass is 10.0. The van der Waals surface area contributed by atoms with E-state index in [4.69, 9.17) is 10.00 Å². The van der Waals surface area contributed by atoms with Gasteiger partial charge < -0.3 is 10.1 Å². The number of amides is 1. The van der Waals surface area contributed by atoms with Crippen LogP contribution >= 0.6 is 0 Å². The van der Waals surface area contributed by atoms with E-state index in [0.717, 1.165) is 6.07 Å². The fourth-order valence-corrected chi connectivity index (χ4v) is 2.21. The van der Waals surface area contributed by atoms with Crippen LogP contribution in [0.1, 0.15) is 21.5 Å². The van der Waals surface area contributed by atoms with Crippen molar-refractivity contribution in [3.63, 3.8) is 0 Å². The van der Waals surface area contributed by atoms with Crippen LogP contribution in [-0.4, -0.2) is 25.0 Å². The van der Waals surface area contributed by atoms with Gasteiger partial charge in [-0.15, -0.1) is 0 Å². The van der Waals surface area contributed by atoms with Gasteiger partial charge in [0.1, 0.15) is 11.9 Å². The van der Waals surface area contributed by atoms with Gasteiger partial charge >= 0.3 is 5.97 Å². The third kappa shape index (κ3) is 4.40. The molecule has 1 amide bonds. The van der Waals surface area contributed by atoms with E-state index >= 15 is 0 Å². The van der Waals surface area contributed by atoms with E-state index in [1.54, 1.807) is 24.3 Å². The number of methoxy groups -OCH3 is 1. The maximum absolute atomic E-state index is 13.2. The molecule has 2 aromatic carbocycles. The fourth-order valence-electron chi connectivity index (χ4n) is 2.21. The summed E-state index contributed by atoms with van der Waals surface area (Å²) in [5, 5.41) is 11.5. The van der Waals surface area contributed by atoms with Crippen molar-refractivity contribution in [3.8, 4) is 6.07 Å². The summed E-state index contributed by atoms with van der Waals surface area (Å²) in [5.41, 5.74) is 1.26. The van der Waals surface area contributed by atoms with Crippen LogP contribution in [0.25, 0.3) is 0 Å². The van der Waals surface area contributed by atoms with Crippen LogP contribution in [-0.2, 0) is 16.0 Å². The van der Waals surface area contributed by atoms with Crippen molar-refractivity contribution in [3.05, 3.63) is 71.0 Å². The molecule has 5 nitrogen and oxygen atoms in total. The summed E-state index contributed by atoms with van der Waals surface area (Å²) in [5.74, 6) is -1.75. The van der Waals surface area contributed by atoms with Crippen molar-refractivity contribution >= 4 is 11.9 Å². The smallest absolute Gasteiger partial charge is 0.328 e. The summed E-state index contributed by atoms with van der Waals surface area (Å²) in [4.78, 5) is 24.1. The predicted octanol–water partition coefficient (Wildman–Crippen LogP) is 2.21. The number of nitrogens with one attached hydrogen (secondary N) is 1. The van der Waals surface area contributed by atoms with Crippen molar-refractivity contribution in [1.29, 1.82) is 5.26 Å². The molecule has 122 valence electrons.